The van der Waals surface area contributed by atoms with Crippen LogP contribution < -0.4 is 5.32 Å². The highest BCUT2D eigenvalue weighted by Gasteiger charge is 1.97. The van der Waals surface area contributed by atoms with E-state index in [0.717, 1.165) is 12.1 Å². The third kappa shape index (κ3) is 2.96. The molecule has 0 atom stereocenters. The van der Waals surface area contributed by atoms with Crippen LogP contribution >= 0.6 is 0 Å². The Bertz CT molecular complexity index is 342. The van der Waals surface area contributed by atoms with Gasteiger partial charge >= 0.3 is 0 Å². The molecule has 0 spiro atoms. The van der Waals surface area contributed by atoms with Gasteiger partial charge in [-0.05, 0) is 38.1 Å². The van der Waals surface area contributed by atoms with Gasteiger partial charge in [-0.25, -0.2) is 4.39 Å². The van der Waals surface area contributed by atoms with Crippen LogP contribution in [0.1, 0.15) is 18.1 Å². The first kappa shape index (κ1) is 10.9. The highest BCUT2D eigenvalue weighted by molar-refractivity contribution is 5.53. The zero-order chi connectivity index (χ0) is 10.6. The van der Waals surface area contributed by atoms with Crippen molar-refractivity contribution >= 4 is 6.08 Å². The molecule has 14 heavy (non-hydrogen) atoms. The van der Waals surface area contributed by atoms with Crippen LogP contribution in [0.3, 0.4) is 0 Å². The van der Waals surface area contributed by atoms with Crippen LogP contribution in [0.5, 0.6) is 0 Å². The summed E-state index contributed by atoms with van der Waals surface area (Å²) in [5.74, 6) is -0.143. The fourth-order valence-electron chi connectivity index (χ4n) is 1.31. The molecule has 0 heterocycles. The molecule has 76 valence electrons. The summed E-state index contributed by atoms with van der Waals surface area (Å²) in [7, 11) is 1.90. The Morgan fingerprint density at radius 3 is 2.79 bits per heavy atom. The first-order valence-corrected chi connectivity index (χ1v) is 4.71. The smallest absolute Gasteiger partial charge is 0.126 e. The Morgan fingerprint density at radius 1 is 1.50 bits per heavy atom. The van der Waals surface area contributed by atoms with Gasteiger partial charge < -0.3 is 5.32 Å². The van der Waals surface area contributed by atoms with Crippen molar-refractivity contribution in [2.24, 2.45) is 0 Å². The lowest BCUT2D eigenvalue weighted by atomic mass is 10.1. The molecule has 0 bridgehead atoms. The number of aryl methyl sites for hydroxylation is 1. The lowest BCUT2D eigenvalue weighted by molar-refractivity contribution is 0.618. The molecule has 0 aliphatic rings. The zero-order valence-electron chi connectivity index (χ0n) is 8.89. The van der Waals surface area contributed by atoms with Gasteiger partial charge in [-0.15, -0.1) is 0 Å². The maximum atomic E-state index is 13.2. The SMILES string of the molecule is CNCC(C)=Cc1ccc(C)c(F)c1. The molecular formula is C12H16FN. The maximum absolute atomic E-state index is 13.2. The van der Waals surface area contributed by atoms with Crippen LogP contribution in [-0.2, 0) is 0 Å². The van der Waals surface area contributed by atoms with Gasteiger partial charge in [-0.2, -0.15) is 0 Å². The summed E-state index contributed by atoms with van der Waals surface area (Å²) in [6, 6.07) is 5.29. The molecule has 0 aromatic heterocycles. The Labute approximate surface area is 84.6 Å². The number of hydrogen-bond acceptors (Lipinski definition) is 1. The van der Waals surface area contributed by atoms with Crippen LogP contribution in [0.15, 0.2) is 23.8 Å². The van der Waals surface area contributed by atoms with Crippen LogP contribution in [0.25, 0.3) is 6.08 Å². The van der Waals surface area contributed by atoms with Crippen molar-refractivity contribution in [3.63, 3.8) is 0 Å². The fraction of sp³-hybridized carbons (Fsp3) is 0.333. The topological polar surface area (TPSA) is 12.0 Å². The molecule has 0 aliphatic heterocycles. The van der Waals surface area contributed by atoms with E-state index in [-0.39, 0.29) is 5.82 Å². The number of rotatable bonds is 3. The minimum Gasteiger partial charge on any atom is -0.316 e. The lowest BCUT2D eigenvalue weighted by Gasteiger charge is -2.01. The Morgan fingerprint density at radius 2 is 2.21 bits per heavy atom. The summed E-state index contributed by atoms with van der Waals surface area (Å²) < 4.78 is 13.2. The van der Waals surface area contributed by atoms with Gasteiger partial charge in [-0.3, -0.25) is 0 Å². The van der Waals surface area contributed by atoms with E-state index in [1.807, 2.05) is 26.1 Å². The van der Waals surface area contributed by atoms with Crippen molar-refractivity contribution in [2.45, 2.75) is 13.8 Å². The standard InChI is InChI=1S/C12H16FN/c1-9(8-14-3)6-11-5-4-10(2)12(13)7-11/h4-7,14H,8H2,1-3H3. The molecule has 0 radical (unpaired) electrons. The second-order valence-corrected chi connectivity index (χ2v) is 3.53. The average molecular weight is 193 g/mol. The summed E-state index contributed by atoms with van der Waals surface area (Å²) in [5, 5.41) is 3.05. The van der Waals surface area contributed by atoms with Crippen molar-refractivity contribution < 1.29 is 4.39 Å². The van der Waals surface area contributed by atoms with Gasteiger partial charge in [0.15, 0.2) is 0 Å². The van der Waals surface area contributed by atoms with Crippen LogP contribution in [0, 0.1) is 12.7 Å². The maximum Gasteiger partial charge on any atom is 0.126 e. The molecule has 1 aromatic carbocycles. The zero-order valence-corrected chi connectivity index (χ0v) is 8.89. The van der Waals surface area contributed by atoms with Crippen LogP contribution in [0.2, 0.25) is 0 Å². The van der Waals surface area contributed by atoms with Gasteiger partial charge in [-0.1, -0.05) is 23.8 Å². The largest absolute Gasteiger partial charge is 0.316 e. The molecule has 0 aliphatic carbocycles. The van der Waals surface area contributed by atoms with Gasteiger partial charge in [0.2, 0.25) is 0 Å². The summed E-state index contributed by atoms with van der Waals surface area (Å²) >= 11 is 0. The monoisotopic (exact) mass is 193 g/mol. The summed E-state index contributed by atoms with van der Waals surface area (Å²) in [6.45, 7) is 4.62. The van der Waals surface area contributed by atoms with E-state index in [1.165, 1.54) is 5.57 Å². The Hall–Kier alpha value is -1.15. The van der Waals surface area contributed by atoms with Crippen LogP contribution in [-0.4, -0.2) is 13.6 Å². The van der Waals surface area contributed by atoms with Crippen molar-refractivity contribution in [1.82, 2.24) is 5.32 Å². The van der Waals surface area contributed by atoms with Crippen molar-refractivity contribution in [1.29, 1.82) is 0 Å². The minimum absolute atomic E-state index is 0.143. The van der Waals surface area contributed by atoms with E-state index in [2.05, 4.69) is 5.32 Å². The van der Waals surface area contributed by atoms with E-state index in [9.17, 15) is 4.39 Å². The molecule has 1 N–H and O–H groups in total. The molecule has 2 heteroatoms. The summed E-state index contributed by atoms with van der Waals surface area (Å²) in [6.07, 6.45) is 1.99. The van der Waals surface area contributed by atoms with E-state index >= 15 is 0 Å². The van der Waals surface area contributed by atoms with E-state index in [0.29, 0.717) is 5.56 Å². The highest BCUT2D eigenvalue weighted by atomic mass is 19.1. The molecule has 0 saturated carbocycles. The van der Waals surface area contributed by atoms with E-state index in [4.69, 9.17) is 0 Å². The summed E-state index contributed by atoms with van der Waals surface area (Å²) in [5.41, 5.74) is 2.80. The quantitative estimate of drug-likeness (QED) is 0.778. The van der Waals surface area contributed by atoms with Crippen molar-refractivity contribution in [3.05, 3.63) is 40.7 Å². The number of likely N-dealkylation sites (N-methyl/N-ethyl adjacent to an activating group) is 1. The second kappa shape index (κ2) is 4.91. The Balaban J connectivity index is 2.87. The lowest BCUT2D eigenvalue weighted by Crippen LogP contribution is -2.08. The summed E-state index contributed by atoms with van der Waals surface area (Å²) in [4.78, 5) is 0. The van der Waals surface area contributed by atoms with Crippen molar-refractivity contribution in [2.75, 3.05) is 13.6 Å². The van der Waals surface area contributed by atoms with Gasteiger partial charge in [0.1, 0.15) is 5.82 Å². The van der Waals surface area contributed by atoms with Gasteiger partial charge in [0.25, 0.3) is 0 Å². The molecule has 1 rings (SSSR count). The molecule has 1 nitrogen and oxygen atoms in total. The molecule has 1 aromatic rings. The first-order chi connectivity index (χ1) is 6.63. The van der Waals surface area contributed by atoms with Gasteiger partial charge in [0.05, 0.1) is 0 Å². The van der Waals surface area contributed by atoms with Gasteiger partial charge in [0, 0.05) is 6.54 Å². The molecule has 0 amide bonds. The third-order valence-corrected chi connectivity index (χ3v) is 2.06. The predicted molar refractivity (Wildman–Crippen MR) is 58.7 cm³/mol. The Kier molecular flexibility index (Phi) is 3.84. The fourth-order valence-corrected chi connectivity index (χ4v) is 1.31. The number of hydrogen-bond donors (Lipinski definition) is 1. The first-order valence-electron chi connectivity index (χ1n) is 4.71. The molecular weight excluding hydrogens is 177 g/mol. The third-order valence-electron chi connectivity index (χ3n) is 2.06. The number of halogens is 1. The molecule has 0 fully saturated rings. The highest BCUT2D eigenvalue weighted by Crippen LogP contribution is 2.12. The van der Waals surface area contributed by atoms with E-state index < -0.39 is 0 Å². The minimum atomic E-state index is -0.143. The van der Waals surface area contributed by atoms with Crippen molar-refractivity contribution in [3.8, 4) is 0 Å². The number of nitrogens with one attached hydrogen (secondary N) is 1. The predicted octanol–water partition coefficient (Wildman–Crippen LogP) is 2.76. The van der Waals surface area contributed by atoms with E-state index in [1.54, 1.807) is 19.1 Å². The molecule has 0 saturated heterocycles. The molecule has 0 unspecified atom stereocenters. The van der Waals surface area contributed by atoms with Crippen LogP contribution in [0.4, 0.5) is 4.39 Å². The average Bonchev–Trinajstić information content (AvgIpc) is 2.12. The second-order valence-electron chi connectivity index (χ2n) is 3.53. The normalized spacial score (nSPS) is 11.9. The number of benzene rings is 1.